The average molecular weight is 290 g/mol. The lowest BCUT2D eigenvalue weighted by molar-refractivity contribution is -0.0950. The highest BCUT2D eigenvalue weighted by Gasteiger charge is 2.35. The summed E-state index contributed by atoms with van der Waals surface area (Å²) in [5.74, 6) is -0.0424. The molecule has 20 heavy (non-hydrogen) atoms. The van der Waals surface area contributed by atoms with E-state index in [1.165, 1.54) is 6.08 Å². The normalized spacial score (nSPS) is 20.4. The highest BCUT2D eigenvalue weighted by molar-refractivity contribution is 5.32. The van der Waals surface area contributed by atoms with Crippen molar-refractivity contribution >= 4 is 0 Å². The molecule has 0 aliphatic heterocycles. The predicted octanol–water partition coefficient (Wildman–Crippen LogP) is 3.32. The van der Waals surface area contributed by atoms with E-state index in [4.69, 9.17) is 0 Å². The minimum Gasteiger partial charge on any atom is -0.308 e. The van der Waals surface area contributed by atoms with Gasteiger partial charge in [-0.3, -0.25) is 4.90 Å². The third-order valence-electron chi connectivity index (χ3n) is 3.48. The number of alkyl halides is 3. The number of hydrogen-bond acceptors (Lipinski definition) is 2. The van der Waals surface area contributed by atoms with Crippen LogP contribution in [0.5, 0.6) is 0 Å². The first kappa shape index (κ1) is 17.2. The fourth-order valence-corrected chi connectivity index (χ4v) is 2.35. The van der Waals surface area contributed by atoms with Crippen LogP contribution in [0.3, 0.4) is 0 Å². The van der Waals surface area contributed by atoms with Crippen molar-refractivity contribution in [2.45, 2.75) is 26.4 Å². The van der Waals surface area contributed by atoms with Gasteiger partial charge < -0.3 is 4.90 Å². The number of hydrogen-bond donors (Lipinski definition) is 0. The van der Waals surface area contributed by atoms with Gasteiger partial charge in [0.1, 0.15) is 0 Å². The molecule has 1 aliphatic rings. The van der Waals surface area contributed by atoms with Crippen LogP contribution in [-0.4, -0.2) is 56.3 Å². The molecular weight excluding hydrogens is 265 g/mol. The Labute approximate surface area is 119 Å². The first-order chi connectivity index (χ1) is 9.22. The van der Waals surface area contributed by atoms with Gasteiger partial charge in [0.15, 0.2) is 0 Å². The Hall–Kier alpha value is -0.810. The van der Waals surface area contributed by atoms with Crippen LogP contribution in [0.4, 0.5) is 13.2 Å². The Morgan fingerprint density at radius 3 is 2.40 bits per heavy atom. The van der Waals surface area contributed by atoms with Gasteiger partial charge in [0, 0.05) is 25.2 Å². The molecule has 0 radical (unpaired) electrons. The van der Waals surface area contributed by atoms with Crippen molar-refractivity contribution in [3.8, 4) is 0 Å². The summed E-state index contributed by atoms with van der Waals surface area (Å²) in [6.07, 6.45) is -0.808. The second kappa shape index (κ2) is 7.27. The SMILES string of the molecule is CCN(CCN(C)C)CC1=CC(C)CC(C(F)(F)F)=C1. The minimum atomic E-state index is -4.20. The van der Waals surface area contributed by atoms with E-state index >= 15 is 0 Å². The Morgan fingerprint density at radius 1 is 1.25 bits per heavy atom. The average Bonchev–Trinajstić information content (AvgIpc) is 2.32. The predicted molar refractivity (Wildman–Crippen MR) is 76.7 cm³/mol. The Kier molecular flexibility index (Phi) is 6.27. The van der Waals surface area contributed by atoms with Gasteiger partial charge in [-0.1, -0.05) is 19.9 Å². The summed E-state index contributed by atoms with van der Waals surface area (Å²) >= 11 is 0. The smallest absolute Gasteiger partial charge is 0.308 e. The Balaban J connectivity index is 2.71. The van der Waals surface area contributed by atoms with Gasteiger partial charge in [-0.25, -0.2) is 0 Å². The fraction of sp³-hybridized carbons (Fsp3) is 0.733. The summed E-state index contributed by atoms with van der Waals surface area (Å²) in [4.78, 5) is 4.26. The summed E-state index contributed by atoms with van der Waals surface area (Å²) in [6.45, 7) is 7.09. The van der Waals surface area contributed by atoms with Crippen molar-refractivity contribution in [3.05, 3.63) is 23.3 Å². The molecule has 0 aromatic carbocycles. The summed E-state index contributed by atoms with van der Waals surface area (Å²) in [5, 5.41) is 0. The van der Waals surface area contributed by atoms with Crippen LogP contribution in [0, 0.1) is 5.92 Å². The Bertz CT molecular complexity index is 370. The van der Waals surface area contributed by atoms with E-state index in [0.717, 1.165) is 25.2 Å². The molecule has 0 spiro atoms. The summed E-state index contributed by atoms with van der Waals surface area (Å²) < 4.78 is 38.5. The molecule has 0 N–H and O–H groups in total. The zero-order valence-corrected chi connectivity index (χ0v) is 12.8. The van der Waals surface area contributed by atoms with E-state index in [9.17, 15) is 13.2 Å². The Morgan fingerprint density at radius 2 is 1.90 bits per heavy atom. The third kappa shape index (κ3) is 5.67. The monoisotopic (exact) mass is 290 g/mol. The molecule has 0 heterocycles. The first-order valence-electron chi connectivity index (χ1n) is 7.08. The van der Waals surface area contributed by atoms with Crippen molar-refractivity contribution in [1.82, 2.24) is 9.80 Å². The van der Waals surface area contributed by atoms with E-state index < -0.39 is 11.7 Å². The number of likely N-dealkylation sites (N-methyl/N-ethyl adjacent to an activating group) is 2. The van der Waals surface area contributed by atoms with Gasteiger partial charge in [0.05, 0.1) is 0 Å². The lowest BCUT2D eigenvalue weighted by Crippen LogP contribution is -2.33. The molecule has 116 valence electrons. The largest absolute Gasteiger partial charge is 0.412 e. The fourth-order valence-electron chi connectivity index (χ4n) is 2.35. The van der Waals surface area contributed by atoms with Crippen molar-refractivity contribution in [2.24, 2.45) is 5.92 Å². The molecule has 0 saturated carbocycles. The number of rotatable bonds is 6. The van der Waals surface area contributed by atoms with Gasteiger partial charge >= 0.3 is 6.18 Å². The van der Waals surface area contributed by atoms with Crippen LogP contribution in [0.25, 0.3) is 0 Å². The zero-order valence-electron chi connectivity index (χ0n) is 12.8. The molecule has 1 rings (SSSR count). The molecule has 2 nitrogen and oxygen atoms in total. The highest BCUT2D eigenvalue weighted by atomic mass is 19.4. The maximum absolute atomic E-state index is 12.8. The summed E-state index contributed by atoms with van der Waals surface area (Å²) in [5.41, 5.74) is 0.392. The van der Waals surface area contributed by atoms with Crippen molar-refractivity contribution < 1.29 is 13.2 Å². The molecule has 0 aromatic rings. The molecule has 0 bridgehead atoms. The number of halogens is 3. The van der Waals surface area contributed by atoms with Gasteiger partial charge in [-0.15, -0.1) is 0 Å². The molecule has 1 unspecified atom stereocenters. The first-order valence-corrected chi connectivity index (χ1v) is 7.08. The van der Waals surface area contributed by atoms with Crippen molar-refractivity contribution in [1.29, 1.82) is 0 Å². The third-order valence-corrected chi connectivity index (χ3v) is 3.48. The van der Waals surface area contributed by atoms with E-state index in [1.807, 2.05) is 34.0 Å². The summed E-state index contributed by atoms with van der Waals surface area (Å²) in [6, 6.07) is 0. The molecule has 1 atom stereocenters. The maximum atomic E-state index is 12.8. The van der Waals surface area contributed by atoms with Gasteiger partial charge in [-0.05, 0) is 44.6 Å². The van der Waals surface area contributed by atoms with Crippen LogP contribution in [-0.2, 0) is 0 Å². The van der Waals surface area contributed by atoms with Crippen LogP contribution in [0.1, 0.15) is 20.3 Å². The molecule has 0 fully saturated rings. The molecular formula is C15H25F3N2. The lowest BCUT2D eigenvalue weighted by Gasteiger charge is -2.26. The quantitative estimate of drug-likeness (QED) is 0.740. The molecule has 1 aliphatic carbocycles. The summed E-state index contributed by atoms with van der Waals surface area (Å²) in [7, 11) is 3.99. The highest BCUT2D eigenvalue weighted by Crippen LogP contribution is 2.35. The van der Waals surface area contributed by atoms with Crippen LogP contribution >= 0.6 is 0 Å². The van der Waals surface area contributed by atoms with Crippen molar-refractivity contribution in [3.63, 3.8) is 0 Å². The van der Waals surface area contributed by atoms with Crippen LogP contribution in [0.15, 0.2) is 23.3 Å². The number of nitrogens with zero attached hydrogens (tertiary/aromatic N) is 2. The number of allylic oxidation sites excluding steroid dienone is 2. The molecule has 0 aromatic heterocycles. The van der Waals surface area contributed by atoms with E-state index in [2.05, 4.69) is 9.80 Å². The van der Waals surface area contributed by atoms with Gasteiger partial charge in [-0.2, -0.15) is 13.2 Å². The standard InChI is InChI=1S/C15H25F3N2/c1-5-20(7-6-19(3)4)11-13-8-12(2)9-14(10-13)15(16,17)18/h8,10,12H,5-7,9,11H2,1-4H3. The molecule has 5 heteroatoms. The molecule has 0 saturated heterocycles. The van der Waals surface area contributed by atoms with Crippen molar-refractivity contribution in [2.75, 3.05) is 40.3 Å². The molecule has 0 amide bonds. The van der Waals surface area contributed by atoms with Crippen LogP contribution in [0.2, 0.25) is 0 Å². The topological polar surface area (TPSA) is 6.48 Å². The van der Waals surface area contributed by atoms with E-state index in [0.29, 0.717) is 6.54 Å². The minimum absolute atomic E-state index is 0.0424. The van der Waals surface area contributed by atoms with Gasteiger partial charge in [0.25, 0.3) is 0 Å². The second-order valence-electron chi connectivity index (χ2n) is 5.76. The van der Waals surface area contributed by atoms with E-state index in [-0.39, 0.29) is 12.3 Å². The van der Waals surface area contributed by atoms with E-state index in [1.54, 1.807) is 0 Å². The second-order valence-corrected chi connectivity index (χ2v) is 5.76. The van der Waals surface area contributed by atoms with Crippen LogP contribution < -0.4 is 0 Å². The lowest BCUT2D eigenvalue weighted by atomic mass is 9.91. The maximum Gasteiger partial charge on any atom is 0.412 e. The van der Waals surface area contributed by atoms with Gasteiger partial charge in [0.2, 0.25) is 0 Å². The zero-order chi connectivity index (χ0) is 15.3.